The van der Waals surface area contributed by atoms with Crippen molar-refractivity contribution in [3.05, 3.63) is 82.9 Å². The second kappa shape index (κ2) is 12.7. The summed E-state index contributed by atoms with van der Waals surface area (Å²) in [4.78, 5) is 22.7. The Labute approximate surface area is 223 Å². The van der Waals surface area contributed by atoms with Gasteiger partial charge >= 0.3 is 12.1 Å². The fourth-order valence-corrected chi connectivity index (χ4v) is 3.85. The number of hydrogen-bond donors (Lipinski definition) is 3. The van der Waals surface area contributed by atoms with Gasteiger partial charge in [-0.15, -0.1) is 0 Å². The molecule has 10 heteroatoms. The number of ether oxygens (including phenoxy) is 1. The van der Waals surface area contributed by atoms with Gasteiger partial charge in [0.1, 0.15) is 12.4 Å². The van der Waals surface area contributed by atoms with Gasteiger partial charge in [0.15, 0.2) is 0 Å². The average molecular weight is 549 g/mol. The minimum Gasteiger partial charge on any atom is -0.491 e. The lowest BCUT2D eigenvalue weighted by molar-refractivity contribution is -0.138. The first kappa shape index (κ1) is 28.8. The summed E-state index contributed by atoms with van der Waals surface area (Å²) in [5.74, 6) is -0.523. The van der Waals surface area contributed by atoms with Crippen LogP contribution in [0.25, 0.3) is 11.1 Å². The molecule has 0 radical (unpaired) electrons. The van der Waals surface area contributed by atoms with E-state index in [1.165, 1.54) is 6.07 Å². The predicted molar refractivity (Wildman–Crippen MR) is 141 cm³/mol. The lowest BCUT2D eigenvalue weighted by Gasteiger charge is -2.24. The molecule has 0 fully saturated rings. The Morgan fingerprint density at radius 2 is 1.66 bits per heavy atom. The van der Waals surface area contributed by atoms with Gasteiger partial charge in [-0.3, -0.25) is 9.59 Å². The average Bonchev–Trinajstić information content (AvgIpc) is 2.86. The molecule has 38 heavy (non-hydrogen) atoms. The zero-order chi connectivity index (χ0) is 27.9. The van der Waals surface area contributed by atoms with Crippen molar-refractivity contribution >= 4 is 29.2 Å². The molecule has 6 nitrogen and oxygen atoms in total. The molecule has 1 atom stereocenters. The van der Waals surface area contributed by atoms with E-state index in [0.717, 1.165) is 17.8 Å². The summed E-state index contributed by atoms with van der Waals surface area (Å²) in [5.41, 5.74) is 1.58. The van der Waals surface area contributed by atoms with Crippen molar-refractivity contribution in [1.82, 2.24) is 5.32 Å². The van der Waals surface area contributed by atoms with Crippen LogP contribution in [0.5, 0.6) is 5.75 Å². The number of carboxylic acid groups (broad SMARTS) is 1. The van der Waals surface area contributed by atoms with Gasteiger partial charge in [0.25, 0.3) is 5.91 Å². The summed E-state index contributed by atoms with van der Waals surface area (Å²) in [6, 6.07) is 17.0. The summed E-state index contributed by atoms with van der Waals surface area (Å²) in [7, 11) is 0. The smallest absolute Gasteiger partial charge is 0.416 e. The molecule has 0 aliphatic heterocycles. The second-order valence-corrected chi connectivity index (χ2v) is 9.41. The maximum atomic E-state index is 12.9. The van der Waals surface area contributed by atoms with Gasteiger partial charge in [0, 0.05) is 28.4 Å². The molecule has 0 bridgehead atoms. The van der Waals surface area contributed by atoms with Crippen molar-refractivity contribution < 1.29 is 32.6 Å². The van der Waals surface area contributed by atoms with E-state index in [1.807, 2.05) is 13.8 Å². The number of anilines is 1. The van der Waals surface area contributed by atoms with Crippen molar-refractivity contribution in [1.29, 1.82) is 0 Å². The van der Waals surface area contributed by atoms with Gasteiger partial charge in [-0.2, -0.15) is 13.2 Å². The Morgan fingerprint density at radius 3 is 2.21 bits per heavy atom. The van der Waals surface area contributed by atoms with Gasteiger partial charge in [-0.25, -0.2) is 0 Å². The Morgan fingerprint density at radius 1 is 1.00 bits per heavy atom. The Balaban J connectivity index is 1.58. The Hall–Kier alpha value is -3.72. The van der Waals surface area contributed by atoms with Gasteiger partial charge in [0.2, 0.25) is 0 Å². The molecule has 0 spiro atoms. The third kappa shape index (κ3) is 8.14. The number of carboxylic acids is 1. The number of carbonyl (C=O) groups is 2. The van der Waals surface area contributed by atoms with Crippen LogP contribution in [0.2, 0.25) is 5.02 Å². The van der Waals surface area contributed by atoms with Crippen molar-refractivity contribution in [3.63, 3.8) is 0 Å². The number of halogens is 4. The lowest BCUT2D eigenvalue weighted by Crippen LogP contribution is -2.32. The first-order chi connectivity index (χ1) is 17.9. The van der Waals surface area contributed by atoms with Crippen molar-refractivity contribution in [2.75, 3.05) is 18.5 Å². The first-order valence-electron chi connectivity index (χ1n) is 11.9. The SMILES string of the molecule is CC(C)[C@@H](COc1ccc(-c2ccc(C(F)(F)F)cc2Cl)cc1)Nc1ccc(C(=O)NCCC(=O)O)cc1. The van der Waals surface area contributed by atoms with Gasteiger partial charge in [-0.1, -0.05) is 43.6 Å². The molecular formula is C28H28ClF3N2O4. The summed E-state index contributed by atoms with van der Waals surface area (Å²) >= 11 is 6.10. The normalized spacial score (nSPS) is 12.2. The summed E-state index contributed by atoms with van der Waals surface area (Å²) in [6.45, 7) is 4.48. The Kier molecular flexibility index (Phi) is 9.63. The van der Waals surface area contributed by atoms with Crippen LogP contribution in [0.15, 0.2) is 66.7 Å². The zero-order valence-electron chi connectivity index (χ0n) is 20.8. The van der Waals surface area contributed by atoms with Crippen molar-refractivity contribution in [2.24, 2.45) is 5.92 Å². The molecule has 3 aromatic carbocycles. The third-order valence-electron chi connectivity index (χ3n) is 5.82. The van der Waals surface area contributed by atoms with Crippen LogP contribution in [-0.4, -0.2) is 36.2 Å². The monoisotopic (exact) mass is 548 g/mol. The number of carbonyl (C=O) groups excluding carboxylic acids is 1. The van der Waals surface area contributed by atoms with Crippen LogP contribution in [0.1, 0.15) is 36.2 Å². The van der Waals surface area contributed by atoms with Crippen molar-refractivity contribution in [2.45, 2.75) is 32.5 Å². The molecule has 0 aliphatic carbocycles. The topological polar surface area (TPSA) is 87.7 Å². The summed E-state index contributed by atoms with van der Waals surface area (Å²) in [6.07, 6.45) is -4.60. The fourth-order valence-electron chi connectivity index (χ4n) is 3.56. The molecule has 0 unspecified atom stereocenters. The molecule has 3 rings (SSSR count). The van der Waals surface area contributed by atoms with Gasteiger partial charge in [-0.05, 0) is 60.0 Å². The number of aliphatic carboxylic acids is 1. The standard InChI is InChI=1S/C28H28ClF3N2O4/c1-17(2)25(34-21-8-3-19(4-9-21)27(37)33-14-13-26(35)36)16-38-22-10-5-18(6-11-22)23-12-7-20(15-24(23)29)28(30,31)32/h3-12,15,17,25,34H,13-14,16H2,1-2H3,(H,33,37)(H,35,36)/t25-/m1/s1. The Bertz CT molecular complexity index is 1250. The summed E-state index contributed by atoms with van der Waals surface area (Å²) in [5, 5.41) is 14.6. The molecule has 3 aromatic rings. The van der Waals surface area contributed by atoms with Crippen LogP contribution in [-0.2, 0) is 11.0 Å². The van der Waals surface area contributed by atoms with E-state index in [1.54, 1.807) is 48.5 Å². The van der Waals surface area contributed by atoms with Gasteiger partial charge in [0.05, 0.1) is 18.0 Å². The number of hydrogen-bond acceptors (Lipinski definition) is 4. The number of alkyl halides is 3. The van der Waals surface area contributed by atoms with E-state index in [9.17, 15) is 22.8 Å². The largest absolute Gasteiger partial charge is 0.491 e. The van der Waals surface area contributed by atoms with E-state index < -0.39 is 17.7 Å². The molecule has 3 N–H and O–H groups in total. The molecule has 202 valence electrons. The molecule has 1 amide bonds. The quantitative estimate of drug-likeness (QED) is 0.247. The van der Waals surface area contributed by atoms with Crippen LogP contribution < -0.4 is 15.4 Å². The van der Waals surface area contributed by atoms with E-state index in [-0.39, 0.29) is 35.9 Å². The zero-order valence-corrected chi connectivity index (χ0v) is 21.6. The number of rotatable bonds is 11. The molecule has 0 aromatic heterocycles. The van der Waals surface area contributed by atoms with Crippen LogP contribution >= 0.6 is 11.6 Å². The lowest BCUT2D eigenvalue weighted by atomic mass is 10.0. The van der Waals surface area contributed by atoms with E-state index in [2.05, 4.69) is 10.6 Å². The highest BCUT2D eigenvalue weighted by molar-refractivity contribution is 6.33. The highest BCUT2D eigenvalue weighted by Gasteiger charge is 2.31. The first-order valence-corrected chi connectivity index (χ1v) is 12.3. The van der Waals surface area contributed by atoms with E-state index in [4.69, 9.17) is 21.4 Å². The van der Waals surface area contributed by atoms with Gasteiger partial charge < -0.3 is 20.5 Å². The molecule has 0 saturated carbocycles. The van der Waals surface area contributed by atoms with Crippen LogP contribution in [0.3, 0.4) is 0 Å². The maximum absolute atomic E-state index is 12.9. The highest BCUT2D eigenvalue weighted by atomic mass is 35.5. The minimum atomic E-state index is -4.46. The van der Waals surface area contributed by atoms with Crippen LogP contribution in [0, 0.1) is 5.92 Å². The fraction of sp³-hybridized carbons (Fsp3) is 0.286. The number of nitrogens with one attached hydrogen (secondary N) is 2. The highest BCUT2D eigenvalue weighted by Crippen LogP contribution is 2.36. The molecule has 0 saturated heterocycles. The second-order valence-electron chi connectivity index (χ2n) is 9.00. The number of amides is 1. The number of benzene rings is 3. The van der Waals surface area contributed by atoms with Crippen molar-refractivity contribution in [3.8, 4) is 16.9 Å². The molecule has 0 heterocycles. The minimum absolute atomic E-state index is 0.0151. The predicted octanol–water partition coefficient (Wildman–Crippen LogP) is 6.75. The maximum Gasteiger partial charge on any atom is 0.416 e. The molecular weight excluding hydrogens is 521 g/mol. The summed E-state index contributed by atoms with van der Waals surface area (Å²) < 4.78 is 44.7. The van der Waals surface area contributed by atoms with E-state index >= 15 is 0 Å². The molecule has 0 aliphatic rings. The third-order valence-corrected chi connectivity index (χ3v) is 6.13. The van der Waals surface area contributed by atoms with E-state index in [0.29, 0.717) is 29.0 Å². The van der Waals surface area contributed by atoms with Crippen LogP contribution in [0.4, 0.5) is 18.9 Å².